The van der Waals surface area contributed by atoms with E-state index in [1.54, 1.807) is 12.1 Å². The van der Waals surface area contributed by atoms with E-state index in [0.29, 0.717) is 22.9 Å². The van der Waals surface area contributed by atoms with Gasteiger partial charge in [-0.15, -0.1) is 0 Å². The Morgan fingerprint density at radius 2 is 2.08 bits per heavy atom. The number of fused-ring (bicyclic) bond motifs is 2. The smallest absolute Gasteiger partial charge is 0.253 e. The summed E-state index contributed by atoms with van der Waals surface area (Å²) in [6.07, 6.45) is 0.868. The number of rotatable bonds is 3. The Hall–Kier alpha value is -1.95. The van der Waals surface area contributed by atoms with Crippen LogP contribution in [0.5, 0.6) is 0 Å². The van der Waals surface area contributed by atoms with Gasteiger partial charge < -0.3 is 14.9 Å². The van der Waals surface area contributed by atoms with Crippen LogP contribution in [0.1, 0.15) is 11.1 Å². The van der Waals surface area contributed by atoms with Gasteiger partial charge in [-0.05, 0) is 41.5 Å². The van der Waals surface area contributed by atoms with Crippen LogP contribution >= 0.6 is 11.6 Å². The molecule has 24 heavy (non-hydrogen) atoms. The van der Waals surface area contributed by atoms with Gasteiger partial charge in [0.25, 0.3) is 5.56 Å². The number of nitrogens with one attached hydrogen (secondary N) is 2. The lowest BCUT2D eigenvalue weighted by Gasteiger charge is -2.09. The van der Waals surface area contributed by atoms with Crippen molar-refractivity contribution in [2.45, 2.75) is 17.9 Å². The Morgan fingerprint density at radius 1 is 1.21 bits per heavy atom. The molecule has 1 atom stereocenters. The summed E-state index contributed by atoms with van der Waals surface area (Å²) in [5.41, 5.74) is 3.29. The Kier molecular flexibility index (Phi) is 4.00. The predicted octanol–water partition coefficient (Wildman–Crippen LogP) is 3.46. The topological polar surface area (TPSA) is 68.0 Å². The number of H-pyrrole nitrogens is 1. The average molecular weight is 359 g/mol. The van der Waals surface area contributed by atoms with Crippen LogP contribution in [0.25, 0.3) is 10.9 Å². The molecule has 0 bridgehead atoms. The molecule has 2 N–H and O–H groups in total. The number of aromatic nitrogens is 1. The summed E-state index contributed by atoms with van der Waals surface area (Å²) >= 11 is 5.11. The number of halogens is 1. The summed E-state index contributed by atoms with van der Waals surface area (Å²) in [5.74, 6) is 0.698. The minimum atomic E-state index is -0.904. The molecule has 1 aromatic heterocycles. The standard InChI is InChI=1S/C18H15ClN2O2S/c19-14-2-4-16-12(8-14)7-13(18(22)21-16)10-20-15-3-1-11-5-6-24(23)17(11)9-15/h1-4,7-9,20H,5-6,10H2,(H,21,22). The number of aromatic amines is 1. The zero-order chi connectivity index (χ0) is 16.7. The molecule has 4 nitrogen and oxygen atoms in total. The quantitative estimate of drug-likeness (QED) is 0.704. The zero-order valence-corrected chi connectivity index (χ0v) is 14.3. The van der Waals surface area contributed by atoms with Gasteiger partial charge in [0.1, 0.15) is 5.75 Å². The van der Waals surface area contributed by atoms with Crippen LogP contribution in [0, 0.1) is 0 Å². The monoisotopic (exact) mass is 358 g/mol. The SMILES string of the molecule is O=c1[nH]c2ccc(Cl)cc2cc1CNc1ccc2c(c1)[S+]([O-])CC2. The molecule has 0 saturated heterocycles. The van der Waals surface area contributed by atoms with E-state index in [2.05, 4.69) is 10.3 Å². The van der Waals surface area contributed by atoms with Crippen molar-refractivity contribution in [1.82, 2.24) is 4.98 Å². The molecule has 0 spiro atoms. The van der Waals surface area contributed by atoms with Crippen LogP contribution in [0.4, 0.5) is 5.69 Å². The van der Waals surface area contributed by atoms with E-state index in [4.69, 9.17) is 11.6 Å². The number of hydrogen-bond donors (Lipinski definition) is 2. The first-order chi connectivity index (χ1) is 11.6. The van der Waals surface area contributed by atoms with Crippen molar-refractivity contribution in [3.05, 3.63) is 69.0 Å². The first-order valence-corrected chi connectivity index (χ1v) is 9.36. The molecule has 1 unspecified atom stereocenters. The van der Waals surface area contributed by atoms with Crippen LogP contribution in [-0.2, 0) is 24.1 Å². The highest BCUT2D eigenvalue weighted by Crippen LogP contribution is 2.28. The number of benzene rings is 2. The first-order valence-electron chi connectivity index (χ1n) is 7.67. The summed E-state index contributed by atoms with van der Waals surface area (Å²) < 4.78 is 11.9. The summed E-state index contributed by atoms with van der Waals surface area (Å²) in [7, 11) is 0. The molecule has 2 heterocycles. The second kappa shape index (κ2) is 6.16. The van der Waals surface area contributed by atoms with Gasteiger partial charge in [0.15, 0.2) is 4.90 Å². The molecule has 3 aromatic rings. The molecule has 1 aliphatic heterocycles. The molecule has 0 radical (unpaired) electrons. The fourth-order valence-corrected chi connectivity index (χ4v) is 4.47. The van der Waals surface area contributed by atoms with E-state index in [-0.39, 0.29) is 5.56 Å². The van der Waals surface area contributed by atoms with Crippen LogP contribution in [-0.4, -0.2) is 15.3 Å². The maximum Gasteiger partial charge on any atom is 0.253 e. The van der Waals surface area contributed by atoms with E-state index < -0.39 is 11.2 Å². The van der Waals surface area contributed by atoms with Crippen molar-refractivity contribution >= 4 is 39.4 Å². The lowest BCUT2D eigenvalue weighted by atomic mass is 10.1. The third kappa shape index (κ3) is 2.90. The van der Waals surface area contributed by atoms with Gasteiger partial charge in [-0.2, -0.15) is 0 Å². The van der Waals surface area contributed by atoms with Crippen molar-refractivity contribution in [2.75, 3.05) is 11.1 Å². The fraction of sp³-hybridized carbons (Fsp3) is 0.167. The van der Waals surface area contributed by atoms with Crippen molar-refractivity contribution in [3.8, 4) is 0 Å². The highest BCUT2D eigenvalue weighted by atomic mass is 35.5. The Morgan fingerprint density at radius 3 is 2.96 bits per heavy atom. The highest BCUT2D eigenvalue weighted by molar-refractivity contribution is 7.91. The predicted molar refractivity (Wildman–Crippen MR) is 98.3 cm³/mol. The minimum absolute atomic E-state index is 0.123. The van der Waals surface area contributed by atoms with E-state index >= 15 is 0 Å². The molecular formula is C18H15ClN2O2S. The second-order valence-electron chi connectivity index (χ2n) is 5.83. The van der Waals surface area contributed by atoms with E-state index in [9.17, 15) is 9.35 Å². The summed E-state index contributed by atoms with van der Waals surface area (Å²) in [6.45, 7) is 0.392. The van der Waals surface area contributed by atoms with Crippen molar-refractivity contribution < 1.29 is 4.55 Å². The van der Waals surface area contributed by atoms with Gasteiger partial charge in [0.05, 0.1) is 0 Å². The number of anilines is 1. The molecule has 6 heteroatoms. The lowest BCUT2D eigenvalue weighted by Crippen LogP contribution is -2.15. The Bertz CT molecular complexity index is 986. The molecule has 0 aliphatic carbocycles. The van der Waals surface area contributed by atoms with Gasteiger partial charge in [-0.1, -0.05) is 17.7 Å². The van der Waals surface area contributed by atoms with Crippen molar-refractivity contribution in [1.29, 1.82) is 0 Å². The summed E-state index contributed by atoms with van der Waals surface area (Å²) in [5, 5.41) is 4.77. The minimum Gasteiger partial charge on any atom is -0.611 e. The van der Waals surface area contributed by atoms with Gasteiger partial charge in [-0.3, -0.25) is 4.79 Å². The third-order valence-corrected chi connectivity index (χ3v) is 5.92. The van der Waals surface area contributed by atoms with Crippen LogP contribution in [0.3, 0.4) is 0 Å². The third-order valence-electron chi connectivity index (χ3n) is 4.24. The van der Waals surface area contributed by atoms with E-state index in [1.165, 1.54) is 0 Å². The maximum absolute atomic E-state index is 12.2. The average Bonchev–Trinajstić information content (AvgIpc) is 2.94. The van der Waals surface area contributed by atoms with Crippen LogP contribution in [0.2, 0.25) is 5.02 Å². The Balaban J connectivity index is 1.60. The molecule has 0 fully saturated rings. The normalized spacial score (nSPS) is 16.3. The lowest BCUT2D eigenvalue weighted by molar-refractivity contribution is 0.599. The number of aryl methyl sites for hydroxylation is 1. The van der Waals surface area contributed by atoms with E-state index in [1.807, 2.05) is 30.3 Å². The Labute approximate surface area is 147 Å². The summed E-state index contributed by atoms with van der Waals surface area (Å²) in [6, 6.07) is 13.1. The van der Waals surface area contributed by atoms with Gasteiger partial charge >= 0.3 is 0 Å². The van der Waals surface area contributed by atoms with Crippen LogP contribution < -0.4 is 10.9 Å². The molecule has 0 saturated carbocycles. The van der Waals surface area contributed by atoms with Gasteiger partial charge in [-0.25, -0.2) is 0 Å². The fourth-order valence-electron chi connectivity index (χ4n) is 2.95. The second-order valence-corrected chi connectivity index (χ2v) is 7.81. The largest absolute Gasteiger partial charge is 0.611 e. The zero-order valence-electron chi connectivity index (χ0n) is 12.8. The molecule has 1 aliphatic rings. The first kappa shape index (κ1) is 15.6. The molecular weight excluding hydrogens is 344 g/mol. The van der Waals surface area contributed by atoms with Crippen molar-refractivity contribution in [2.24, 2.45) is 0 Å². The molecule has 2 aromatic carbocycles. The highest BCUT2D eigenvalue weighted by Gasteiger charge is 2.24. The summed E-state index contributed by atoms with van der Waals surface area (Å²) in [4.78, 5) is 16.0. The molecule has 0 amide bonds. The maximum atomic E-state index is 12.2. The number of hydrogen-bond acceptors (Lipinski definition) is 3. The van der Waals surface area contributed by atoms with Gasteiger partial charge in [0.2, 0.25) is 0 Å². The molecule has 4 rings (SSSR count). The van der Waals surface area contributed by atoms with E-state index in [0.717, 1.165) is 33.5 Å². The van der Waals surface area contributed by atoms with Crippen LogP contribution in [0.15, 0.2) is 52.2 Å². The van der Waals surface area contributed by atoms with Crippen molar-refractivity contribution in [3.63, 3.8) is 0 Å². The number of pyridine rings is 1. The molecule has 122 valence electrons. The van der Waals surface area contributed by atoms with Gasteiger partial charge in [0, 0.05) is 51.8 Å².